The summed E-state index contributed by atoms with van der Waals surface area (Å²) in [6.45, 7) is 1.88. The molecule has 0 spiro atoms. The van der Waals surface area contributed by atoms with Crippen LogP contribution in [-0.2, 0) is 5.60 Å². The Bertz CT molecular complexity index is 1110. The fourth-order valence-corrected chi connectivity index (χ4v) is 3.75. The number of nitrogens with one attached hydrogen (secondary N) is 1. The molecule has 2 aromatic carbocycles. The molecule has 0 aliphatic heterocycles. The molecular weight excluding hydrogens is 414 g/mol. The fraction of sp³-hybridized carbons (Fsp3) is 0.250. The molecule has 0 radical (unpaired) electrons. The lowest BCUT2D eigenvalue weighted by Gasteiger charge is -2.37. The highest BCUT2D eigenvalue weighted by molar-refractivity contribution is 6.30. The monoisotopic (exact) mass is 437 g/mol. The summed E-state index contributed by atoms with van der Waals surface area (Å²) in [4.78, 5) is 16.8. The van der Waals surface area contributed by atoms with Crippen molar-refractivity contribution in [2.24, 2.45) is 0 Å². The first-order valence-corrected chi connectivity index (χ1v) is 10.5. The van der Waals surface area contributed by atoms with Gasteiger partial charge in [-0.05, 0) is 61.6 Å². The van der Waals surface area contributed by atoms with Crippen molar-refractivity contribution in [3.63, 3.8) is 0 Å². The van der Waals surface area contributed by atoms with Gasteiger partial charge in [-0.15, -0.1) is 0 Å². The predicted octanol–water partition coefficient (Wildman–Crippen LogP) is 5.08. The molecular formula is C24H24ClN3O3. The zero-order valence-corrected chi connectivity index (χ0v) is 17.9. The second-order valence-electron chi connectivity index (χ2n) is 7.84. The number of nitrogens with two attached hydrogens (primary N) is 1. The second-order valence-corrected chi connectivity index (χ2v) is 8.28. The van der Waals surface area contributed by atoms with Gasteiger partial charge in [0.1, 0.15) is 6.10 Å². The van der Waals surface area contributed by atoms with E-state index >= 15 is 0 Å². The van der Waals surface area contributed by atoms with Gasteiger partial charge in [0.25, 0.3) is 5.91 Å². The van der Waals surface area contributed by atoms with Crippen molar-refractivity contribution in [2.75, 3.05) is 11.1 Å². The molecule has 6 nitrogen and oxygen atoms in total. The number of aliphatic hydroxyl groups is 1. The van der Waals surface area contributed by atoms with Crippen LogP contribution in [0.1, 0.15) is 53.8 Å². The van der Waals surface area contributed by atoms with Crippen molar-refractivity contribution in [1.29, 1.82) is 0 Å². The Morgan fingerprint density at radius 3 is 2.74 bits per heavy atom. The van der Waals surface area contributed by atoms with Crippen LogP contribution in [0.4, 0.5) is 11.5 Å². The number of aromatic nitrogens is 1. The summed E-state index contributed by atoms with van der Waals surface area (Å²) in [6.07, 6.45) is 3.57. The van der Waals surface area contributed by atoms with E-state index < -0.39 is 5.60 Å². The number of nitrogen functional groups attached to an aromatic ring is 1. The van der Waals surface area contributed by atoms with Crippen molar-refractivity contribution in [3.05, 3.63) is 82.5 Å². The normalized spacial score (nSPS) is 15.6. The van der Waals surface area contributed by atoms with Crippen LogP contribution < -0.4 is 15.8 Å². The van der Waals surface area contributed by atoms with Crippen molar-refractivity contribution < 1.29 is 14.6 Å². The summed E-state index contributed by atoms with van der Waals surface area (Å²) in [6, 6.07) is 16.2. The number of hydrogen-bond acceptors (Lipinski definition) is 5. The molecule has 3 aromatic rings. The van der Waals surface area contributed by atoms with E-state index in [-0.39, 0.29) is 17.8 Å². The van der Waals surface area contributed by atoms with Gasteiger partial charge < -0.3 is 20.9 Å². The molecule has 1 atom stereocenters. The third-order valence-electron chi connectivity index (χ3n) is 5.61. The summed E-state index contributed by atoms with van der Waals surface area (Å²) in [5, 5.41) is 13.9. The molecule has 1 aliphatic rings. The van der Waals surface area contributed by atoms with Crippen molar-refractivity contribution in [2.45, 2.75) is 37.9 Å². The largest absolute Gasteiger partial charge is 0.482 e. The highest BCUT2D eigenvalue weighted by Gasteiger charge is 2.36. The molecule has 4 N–H and O–H groups in total. The van der Waals surface area contributed by atoms with Crippen LogP contribution in [0.15, 0.2) is 60.8 Å². The molecule has 0 saturated heterocycles. The first-order chi connectivity index (χ1) is 14.8. The van der Waals surface area contributed by atoms with E-state index in [1.54, 1.807) is 24.3 Å². The maximum atomic E-state index is 12.8. The zero-order valence-electron chi connectivity index (χ0n) is 17.1. The summed E-state index contributed by atoms with van der Waals surface area (Å²) < 4.78 is 5.92. The summed E-state index contributed by atoms with van der Waals surface area (Å²) >= 11 is 5.98. The quantitative estimate of drug-likeness (QED) is 0.499. The predicted molar refractivity (Wildman–Crippen MR) is 121 cm³/mol. The van der Waals surface area contributed by atoms with Gasteiger partial charge in [0.05, 0.1) is 10.6 Å². The Morgan fingerprint density at radius 1 is 1.23 bits per heavy atom. The first kappa shape index (κ1) is 21.2. The van der Waals surface area contributed by atoms with Gasteiger partial charge in [0.2, 0.25) is 0 Å². The number of anilines is 2. The molecule has 1 aromatic heterocycles. The van der Waals surface area contributed by atoms with Crippen molar-refractivity contribution in [1.82, 2.24) is 4.98 Å². The summed E-state index contributed by atoms with van der Waals surface area (Å²) in [5.74, 6) is 0.424. The van der Waals surface area contributed by atoms with Crippen LogP contribution in [0.25, 0.3) is 0 Å². The molecule has 160 valence electrons. The van der Waals surface area contributed by atoms with Crippen molar-refractivity contribution in [3.8, 4) is 5.75 Å². The SMILES string of the molecule is C[C@@H](Oc1cc(Cl)cnc1N)c1cccc(NC(=O)c2cccc(C3(O)CCC3)c2)c1. The second kappa shape index (κ2) is 8.57. The van der Waals surface area contributed by atoms with Gasteiger partial charge in [0, 0.05) is 23.5 Å². The smallest absolute Gasteiger partial charge is 0.255 e. The molecule has 1 saturated carbocycles. The molecule has 31 heavy (non-hydrogen) atoms. The van der Waals surface area contributed by atoms with E-state index in [0.29, 0.717) is 22.0 Å². The lowest BCUT2D eigenvalue weighted by atomic mass is 9.75. The molecule has 1 amide bonds. The third-order valence-corrected chi connectivity index (χ3v) is 5.82. The van der Waals surface area contributed by atoms with E-state index in [0.717, 1.165) is 30.4 Å². The van der Waals surface area contributed by atoms with E-state index in [2.05, 4.69) is 10.3 Å². The Kier molecular flexibility index (Phi) is 5.85. The van der Waals surface area contributed by atoms with Crippen LogP contribution in [0, 0.1) is 0 Å². The maximum Gasteiger partial charge on any atom is 0.255 e. The minimum atomic E-state index is -0.806. The lowest BCUT2D eigenvalue weighted by Crippen LogP contribution is -2.33. The molecule has 1 fully saturated rings. The molecule has 0 unspecified atom stereocenters. The number of rotatable bonds is 6. The number of carbonyl (C=O) groups excluding carboxylic acids is 1. The Balaban J connectivity index is 1.48. The number of nitrogens with zero attached hydrogens (tertiary/aromatic N) is 1. The van der Waals surface area contributed by atoms with Gasteiger partial charge >= 0.3 is 0 Å². The van der Waals surface area contributed by atoms with Gasteiger partial charge in [-0.25, -0.2) is 4.98 Å². The van der Waals surface area contributed by atoms with E-state index in [9.17, 15) is 9.90 Å². The van der Waals surface area contributed by atoms with Gasteiger partial charge in [-0.2, -0.15) is 0 Å². The standard InChI is InChI=1S/C24H24ClN3O3/c1-15(31-21-13-19(25)14-27-22(21)26)16-5-3-8-20(12-16)28-23(29)17-6-2-7-18(11-17)24(30)9-4-10-24/h2-3,5-8,11-15,30H,4,9-10H2,1H3,(H2,26,27)(H,28,29)/t15-/m1/s1. The zero-order chi connectivity index (χ0) is 22.0. The Labute approximate surface area is 186 Å². The van der Waals surface area contributed by atoms with E-state index in [1.807, 2.05) is 37.3 Å². The molecule has 1 aliphatic carbocycles. The number of halogens is 1. The van der Waals surface area contributed by atoms with Gasteiger partial charge in [0.15, 0.2) is 11.6 Å². The molecule has 0 bridgehead atoms. The number of pyridine rings is 1. The topological polar surface area (TPSA) is 97.5 Å². The Hall–Kier alpha value is -3.09. The minimum Gasteiger partial charge on any atom is -0.482 e. The highest BCUT2D eigenvalue weighted by atomic mass is 35.5. The van der Waals surface area contributed by atoms with Crippen LogP contribution in [0.5, 0.6) is 5.75 Å². The van der Waals surface area contributed by atoms with Crippen LogP contribution in [0.3, 0.4) is 0 Å². The van der Waals surface area contributed by atoms with Crippen LogP contribution in [-0.4, -0.2) is 16.0 Å². The van der Waals surface area contributed by atoms with Crippen molar-refractivity contribution >= 4 is 29.0 Å². The summed E-state index contributed by atoms with van der Waals surface area (Å²) in [5.41, 5.74) is 7.85. The number of benzene rings is 2. The van der Waals surface area contributed by atoms with Gasteiger partial charge in [-0.1, -0.05) is 35.9 Å². The Morgan fingerprint density at radius 2 is 2.00 bits per heavy atom. The minimum absolute atomic E-state index is 0.237. The highest BCUT2D eigenvalue weighted by Crippen LogP contribution is 2.41. The first-order valence-electron chi connectivity index (χ1n) is 10.2. The molecule has 7 heteroatoms. The number of carbonyl (C=O) groups is 1. The number of ether oxygens (including phenoxy) is 1. The van der Waals surface area contributed by atoms with Crippen LogP contribution in [0.2, 0.25) is 5.02 Å². The average molecular weight is 438 g/mol. The number of hydrogen-bond donors (Lipinski definition) is 3. The summed E-state index contributed by atoms with van der Waals surface area (Å²) in [7, 11) is 0. The molecule has 1 heterocycles. The maximum absolute atomic E-state index is 12.8. The van der Waals surface area contributed by atoms with E-state index in [4.69, 9.17) is 22.1 Å². The lowest BCUT2D eigenvalue weighted by molar-refractivity contribution is -0.0388. The van der Waals surface area contributed by atoms with Crippen LogP contribution >= 0.6 is 11.6 Å². The van der Waals surface area contributed by atoms with E-state index in [1.165, 1.54) is 6.20 Å². The number of amides is 1. The molecule has 4 rings (SSSR count). The average Bonchev–Trinajstić information content (AvgIpc) is 2.75. The third kappa shape index (κ3) is 4.65. The van der Waals surface area contributed by atoms with Gasteiger partial charge in [-0.3, -0.25) is 4.79 Å². The fourth-order valence-electron chi connectivity index (χ4n) is 3.61.